The third-order valence-corrected chi connectivity index (χ3v) is 7.83. The predicted octanol–water partition coefficient (Wildman–Crippen LogP) is 2.95. The molecular weight excluding hydrogens is 478 g/mol. The summed E-state index contributed by atoms with van der Waals surface area (Å²) in [6.07, 6.45) is 4.20. The molecule has 0 saturated carbocycles. The van der Waals surface area contributed by atoms with Crippen LogP contribution < -0.4 is 9.62 Å². The number of pyridine rings is 1. The van der Waals surface area contributed by atoms with Gasteiger partial charge in [-0.15, -0.1) is 0 Å². The Morgan fingerprint density at radius 2 is 2.09 bits per heavy atom. The molecule has 9 nitrogen and oxygen atoms in total. The Balaban J connectivity index is 1.67. The Hall–Kier alpha value is -3.56. The van der Waals surface area contributed by atoms with Crippen molar-refractivity contribution in [2.24, 2.45) is 0 Å². The van der Waals surface area contributed by atoms with Crippen LogP contribution in [-0.4, -0.2) is 48.4 Å². The summed E-state index contributed by atoms with van der Waals surface area (Å²) in [4.78, 5) is 14.8. The van der Waals surface area contributed by atoms with Gasteiger partial charge in [-0.1, -0.05) is 0 Å². The molecule has 4 rings (SSSR count). The van der Waals surface area contributed by atoms with Gasteiger partial charge in [0, 0.05) is 44.0 Å². The molecule has 1 unspecified atom stereocenters. The summed E-state index contributed by atoms with van der Waals surface area (Å²) in [5.74, 6) is -1.90. The number of anilines is 1. The number of nitrogens with one attached hydrogen (secondary N) is 1. The van der Waals surface area contributed by atoms with Gasteiger partial charge in [0.15, 0.2) is 0 Å². The number of rotatable bonds is 7. The highest BCUT2D eigenvalue weighted by molar-refractivity contribution is 7.87. The zero-order chi connectivity index (χ0) is 25.4. The second-order valence-electron chi connectivity index (χ2n) is 8.59. The monoisotopic (exact) mass is 502 g/mol. The lowest BCUT2D eigenvalue weighted by Crippen LogP contribution is -2.41. The molecule has 0 spiro atoms. The maximum absolute atomic E-state index is 14.7. The molecule has 1 N–H and O–H groups in total. The molecule has 3 heterocycles. The Kier molecular flexibility index (Phi) is 6.48. The molecule has 3 aromatic rings. The second kappa shape index (κ2) is 9.24. The van der Waals surface area contributed by atoms with E-state index < -0.39 is 33.3 Å². The molecule has 184 valence electrons. The van der Waals surface area contributed by atoms with Crippen LogP contribution in [0.4, 0.5) is 14.5 Å². The predicted molar refractivity (Wildman–Crippen MR) is 125 cm³/mol. The second-order valence-corrected chi connectivity index (χ2v) is 10.4. The summed E-state index contributed by atoms with van der Waals surface area (Å²) in [6, 6.07) is 8.69. The van der Waals surface area contributed by atoms with Gasteiger partial charge in [0.1, 0.15) is 11.6 Å². The average molecular weight is 503 g/mol. The first kappa shape index (κ1) is 24.6. The highest BCUT2D eigenvalue weighted by Crippen LogP contribution is 2.43. The van der Waals surface area contributed by atoms with Crippen LogP contribution in [-0.2, 0) is 15.7 Å². The Morgan fingerprint density at radius 1 is 1.31 bits per heavy atom. The van der Waals surface area contributed by atoms with Crippen LogP contribution in [0.25, 0.3) is 5.52 Å². The molecule has 1 saturated heterocycles. The van der Waals surface area contributed by atoms with Crippen molar-refractivity contribution in [2.75, 3.05) is 25.0 Å². The van der Waals surface area contributed by atoms with E-state index in [-0.39, 0.29) is 24.1 Å². The standard InChI is InChI=1S/C23H24F2N6O3S/c1-23(19-13-16(24)5-6-20(19)25)8-3-11-30(23)17-7-12-31-21(14-17)18(15-27-31)22(32)28-35(33,34)29(2)10-4-9-26/h5-7,12-15H,3-4,8,10-11H2,1-2H3,(H,28,32). The number of carbonyl (C=O) groups is 1. The van der Waals surface area contributed by atoms with E-state index in [0.29, 0.717) is 24.2 Å². The molecule has 1 fully saturated rings. The summed E-state index contributed by atoms with van der Waals surface area (Å²) in [5, 5.41) is 12.8. The number of nitriles is 1. The minimum Gasteiger partial charge on any atom is -0.362 e. The first-order valence-electron chi connectivity index (χ1n) is 10.9. The summed E-state index contributed by atoms with van der Waals surface area (Å²) < 4.78 is 57.8. The molecule has 1 aliphatic rings. The fourth-order valence-electron chi connectivity index (χ4n) is 4.46. The van der Waals surface area contributed by atoms with Crippen molar-refractivity contribution in [3.8, 4) is 6.07 Å². The number of hydrogen-bond donors (Lipinski definition) is 1. The molecule has 0 aliphatic carbocycles. The van der Waals surface area contributed by atoms with Gasteiger partial charge in [-0.2, -0.15) is 23.1 Å². The van der Waals surface area contributed by atoms with Crippen LogP contribution in [0.5, 0.6) is 0 Å². The van der Waals surface area contributed by atoms with E-state index in [1.807, 2.05) is 22.6 Å². The average Bonchev–Trinajstić information content (AvgIpc) is 3.42. The summed E-state index contributed by atoms with van der Waals surface area (Å²) in [7, 11) is -2.89. The van der Waals surface area contributed by atoms with Crippen molar-refractivity contribution < 1.29 is 22.0 Å². The summed E-state index contributed by atoms with van der Waals surface area (Å²) >= 11 is 0. The van der Waals surface area contributed by atoms with Gasteiger partial charge in [0.25, 0.3) is 5.91 Å². The number of halogens is 2. The summed E-state index contributed by atoms with van der Waals surface area (Å²) in [5.41, 5.74) is 0.461. The lowest BCUT2D eigenvalue weighted by molar-refractivity contribution is 0.0981. The zero-order valence-corrected chi connectivity index (χ0v) is 20.0. The Bertz CT molecular complexity index is 1430. The van der Waals surface area contributed by atoms with E-state index in [9.17, 15) is 22.0 Å². The van der Waals surface area contributed by atoms with E-state index in [0.717, 1.165) is 22.9 Å². The van der Waals surface area contributed by atoms with Gasteiger partial charge in [-0.3, -0.25) is 4.79 Å². The number of carbonyl (C=O) groups excluding carboxylic acids is 1. The third kappa shape index (κ3) is 4.56. The number of amides is 1. The Labute approximate surface area is 201 Å². The SMILES string of the molecule is CN(CCC#N)S(=O)(=O)NC(=O)c1cnn2ccc(N3CCCC3(C)c3cc(F)ccc3F)cc12. The number of hydrogen-bond acceptors (Lipinski definition) is 6. The van der Waals surface area contributed by atoms with E-state index in [4.69, 9.17) is 5.26 Å². The maximum Gasteiger partial charge on any atom is 0.303 e. The van der Waals surface area contributed by atoms with Gasteiger partial charge in [-0.05, 0) is 50.1 Å². The van der Waals surface area contributed by atoms with Crippen molar-refractivity contribution in [2.45, 2.75) is 31.7 Å². The summed E-state index contributed by atoms with van der Waals surface area (Å²) in [6.45, 7) is 2.36. The smallest absolute Gasteiger partial charge is 0.303 e. The van der Waals surface area contributed by atoms with Gasteiger partial charge in [0.2, 0.25) is 0 Å². The zero-order valence-electron chi connectivity index (χ0n) is 19.2. The molecular formula is C23H24F2N6O3S. The van der Waals surface area contributed by atoms with Crippen molar-refractivity contribution >= 4 is 27.3 Å². The highest BCUT2D eigenvalue weighted by Gasteiger charge is 2.40. The molecule has 1 aromatic carbocycles. The number of benzene rings is 1. The van der Waals surface area contributed by atoms with Gasteiger partial charge < -0.3 is 4.90 Å². The minimum absolute atomic E-state index is 0.0216. The van der Waals surface area contributed by atoms with Crippen LogP contribution in [0.1, 0.15) is 42.1 Å². The number of nitrogens with zero attached hydrogens (tertiary/aromatic N) is 5. The molecule has 0 radical (unpaired) electrons. The van der Waals surface area contributed by atoms with E-state index >= 15 is 0 Å². The molecule has 2 aromatic heterocycles. The molecule has 1 amide bonds. The first-order valence-corrected chi connectivity index (χ1v) is 12.4. The molecule has 1 aliphatic heterocycles. The van der Waals surface area contributed by atoms with Gasteiger partial charge >= 0.3 is 10.2 Å². The molecule has 0 bridgehead atoms. The molecule has 12 heteroatoms. The fraction of sp³-hybridized carbons (Fsp3) is 0.348. The molecule has 35 heavy (non-hydrogen) atoms. The number of aromatic nitrogens is 2. The van der Waals surface area contributed by atoms with E-state index in [2.05, 4.69) is 5.10 Å². The topological polar surface area (TPSA) is 111 Å². The van der Waals surface area contributed by atoms with Gasteiger partial charge in [0.05, 0.1) is 28.9 Å². The van der Waals surface area contributed by atoms with Crippen molar-refractivity contribution in [3.63, 3.8) is 0 Å². The first-order chi connectivity index (χ1) is 16.6. The largest absolute Gasteiger partial charge is 0.362 e. The van der Waals surface area contributed by atoms with Crippen LogP contribution in [0, 0.1) is 23.0 Å². The number of fused-ring (bicyclic) bond motifs is 1. The van der Waals surface area contributed by atoms with Crippen LogP contribution >= 0.6 is 0 Å². The van der Waals surface area contributed by atoms with Gasteiger partial charge in [-0.25, -0.2) is 18.0 Å². The highest BCUT2D eigenvalue weighted by atomic mass is 32.2. The minimum atomic E-state index is -4.16. The Morgan fingerprint density at radius 3 is 2.83 bits per heavy atom. The van der Waals surface area contributed by atoms with Crippen LogP contribution in [0.2, 0.25) is 0 Å². The quantitative estimate of drug-likeness (QED) is 0.532. The molecule has 1 atom stereocenters. The maximum atomic E-state index is 14.7. The normalized spacial score (nSPS) is 18.2. The fourth-order valence-corrected chi connectivity index (χ4v) is 5.29. The van der Waals surface area contributed by atoms with Crippen LogP contribution in [0.3, 0.4) is 0 Å². The van der Waals surface area contributed by atoms with Crippen molar-refractivity contribution in [1.29, 1.82) is 5.26 Å². The van der Waals surface area contributed by atoms with E-state index in [1.54, 1.807) is 18.3 Å². The lowest BCUT2D eigenvalue weighted by Gasteiger charge is -2.38. The van der Waals surface area contributed by atoms with E-state index in [1.165, 1.54) is 23.8 Å². The third-order valence-electron chi connectivity index (χ3n) is 6.38. The lowest BCUT2D eigenvalue weighted by atomic mass is 9.88. The van der Waals surface area contributed by atoms with Crippen molar-refractivity contribution in [3.05, 3.63) is 65.5 Å². The van der Waals surface area contributed by atoms with Crippen LogP contribution in [0.15, 0.2) is 42.7 Å². The van der Waals surface area contributed by atoms with Crippen molar-refractivity contribution in [1.82, 2.24) is 18.6 Å².